The van der Waals surface area contributed by atoms with E-state index in [1.807, 2.05) is 6.92 Å². The minimum absolute atomic E-state index is 0.0694. The summed E-state index contributed by atoms with van der Waals surface area (Å²) in [5, 5.41) is 10.1. The van der Waals surface area contributed by atoms with E-state index in [-0.39, 0.29) is 76.8 Å². The Kier molecular flexibility index (Phi) is 7.60. The fraction of sp³-hybridized carbons (Fsp3) is 0.417. The van der Waals surface area contributed by atoms with E-state index in [9.17, 15) is 14.7 Å². The Balaban J connectivity index is 2.56. The third-order valence-electron chi connectivity index (χ3n) is 5.25. The summed E-state index contributed by atoms with van der Waals surface area (Å²) < 4.78 is 39.1. The van der Waals surface area contributed by atoms with E-state index in [4.69, 9.17) is 33.2 Å². The van der Waals surface area contributed by atoms with Crippen molar-refractivity contribution in [1.29, 1.82) is 0 Å². The molecular weight excluding hydrogens is 448 g/mol. The number of hydrogen-bond donors (Lipinski definition) is 1. The molecule has 184 valence electrons. The number of ether oxygens (including phenoxy) is 7. The molecule has 1 aliphatic rings. The first kappa shape index (κ1) is 24.8. The highest BCUT2D eigenvalue weighted by molar-refractivity contribution is 6.09. The molecular formula is C24H28O10. The van der Waals surface area contributed by atoms with Gasteiger partial charge >= 0.3 is 11.9 Å². The van der Waals surface area contributed by atoms with Gasteiger partial charge in [-0.1, -0.05) is 6.92 Å². The zero-order valence-corrected chi connectivity index (χ0v) is 20.0. The zero-order valence-electron chi connectivity index (χ0n) is 20.0. The number of fused-ring (bicyclic) bond motifs is 1. The average molecular weight is 476 g/mol. The zero-order chi connectivity index (χ0) is 25.0. The minimum Gasteiger partial charge on any atom is -0.493 e. The van der Waals surface area contributed by atoms with Crippen LogP contribution in [0, 0.1) is 6.92 Å². The smallest absolute Gasteiger partial charge is 0.339 e. The summed E-state index contributed by atoms with van der Waals surface area (Å²) in [5.41, 5.74) is 0.494. The molecule has 10 heteroatoms. The van der Waals surface area contributed by atoms with Gasteiger partial charge in [-0.05, 0) is 26.3 Å². The monoisotopic (exact) mass is 476 g/mol. The third-order valence-corrected chi connectivity index (χ3v) is 5.25. The molecule has 10 nitrogen and oxygen atoms in total. The van der Waals surface area contributed by atoms with Crippen LogP contribution in [0.2, 0.25) is 0 Å². The largest absolute Gasteiger partial charge is 0.493 e. The second-order valence-electron chi connectivity index (χ2n) is 7.21. The molecule has 1 aliphatic heterocycles. The lowest BCUT2D eigenvalue weighted by molar-refractivity contribution is 0.0503. The molecule has 2 aromatic carbocycles. The molecule has 0 aliphatic carbocycles. The Bertz CT molecular complexity index is 1110. The van der Waals surface area contributed by atoms with E-state index in [2.05, 4.69) is 0 Å². The number of carbonyl (C=O) groups is 2. The van der Waals surface area contributed by atoms with Crippen molar-refractivity contribution in [3.8, 4) is 45.6 Å². The third kappa shape index (κ3) is 4.11. The maximum atomic E-state index is 13.3. The number of aromatic carboxylic acids is 1. The van der Waals surface area contributed by atoms with Crippen LogP contribution >= 0.6 is 0 Å². The van der Waals surface area contributed by atoms with E-state index in [1.54, 1.807) is 13.8 Å². The van der Waals surface area contributed by atoms with Crippen LogP contribution in [0.1, 0.15) is 46.5 Å². The van der Waals surface area contributed by atoms with Gasteiger partial charge in [-0.2, -0.15) is 0 Å². The number of carboxylic acid groups (broad SMARTS) is 1. The van der Waals surface area contributed by atoms with Crippen molar-refractivity contribution < 1.29 is 47.9 Å². The maximum Gasteiger partial charge on any atom is 0.339 e. The summed E-state index contributed by atoms with van der Waals surface area (Å²) in [4.78, 5) is 25.7. The topological polar surface area (TPSA) is 119 Å². The van der Waals surface area contributed by atoms with Gasteiger partial charge in [-0.3, -0.25) is 0 Å². The summed E-state index contributed by atoms with van der Waals surface area (Å²) >= 11 is 0. The summed E-state index contributed by atoms with van der Waals surface area (Å²) in [5.74, 6) is -0.870. The lowest BCUT2D eigenvalue weighted by Gasteiger charge is -2.24. The first-order valence-corrected chi connectivity index (χ1v) is 10.7. The molecule has 0 radical (unpaired) electrons. The molecule has 0 saturated heterocycles. The van der Waals surface area contributed by atoms with E-state index in [0.717, 1.165) is 0 Å². The highest BCUT2D eigenvalue weighted by Crippen LogP contribution is 2.56. The fourth-order valence-corrected chi connectivity index (χ4v) is 3.88. The van der Waals surface area contributed by atoms with Gasteiger partial charge < -0.3 is 38.3 Å². The van der Waals surface area contributed by atoms with Crippen LogP contribution in [0.15, 0.2) is 6.07 Å². The maximum absolute atomic E-state index is 13.3. The number of benzene rings is 2. The fourth-order valence-electron chi connectivity index (χ4n) is 3.88. The standard InChI is InChI=1S/C24H28O10/c1-7-9-32-24(27)15-12(3)18(29-5)22(30-6)21(31-8-2)17(15)16-13(23(25)26)10-14(28-4)19-20(16)34-11-33-19/h10H,7-9,11H2,1-6H3,(H,25,26). The molecule has 0 amide bonds. The van der Waals surface area contributed by atoms with Crippen molar-refractivity contribution in [3.63, 3.8) is 0 Å². The molecule has 3 rings (SSSR count). The van der Waals surface area contributed by atoms with Crippen LogP contribution in [-0.2, 0) is 4.74 Å². The first-order valence-electron chi connectivity index (χ1n) is 10.7. The summed E-state index contributed by atoms with van der Waals surface area (Å²) in [6.07, 6.45) is 0.598. The number of rotatable bonds is 10. The molecule has 0 fully saturated rings. The van der Waals surface area contributed by atoms with Crippen LogP contribution in [0.5, 0.6) is 34.5 Å². The van der Waals surface area contributed by atoms with Gasteiger partial charge in [0, 0.05) is 16.7 Å². The number of esters is 1. The molecule has 1 heterocycles. The molecule has 0 unspecified atom stereocenters. The first-order chi connectivity index (χ1) is 16.4. The summed E-state index contributed by atoms with van der Waals surface area (Å²) in [7, 11) is 4.25. The van der Waals surface area contributed by atoms with Crippen LogP contribution in [0.3, 0.4) is 0 Å². The number of carbonyl (C=O) groups excluding carboxylic acids is 1. The molecule has 0 aromatic heterocycles. The van der Waals surface area contributed by atoms with Crippen LogP contribution in [0.25, 0.3) is 11.1 Å². The lowest BCUT2D eigenvalue weighted by Crippen LogP contribution is -2.15. The predicted octanol–water partition coefficient (Wildman–Crippen LogP) is 4.08. The Morgan fingerprint density at radius 2 is 1.65 bits per heavy atom. The van der Waals surface area contributed by atoms with Gasteiger partial charge in [0.05, 0.1) is 45.7 Å². The Hall–Kier alpha value is -3.82. The van der Waals surface area contributed by atoms with Crippen molar-refractivity contribution >= 4 is 11.9 Å². The average Bonchev–Trinajstić information content (AvgIpc) is 3.31. The van der Waals surface area contributed by atoms with Crippen molar-refractivity contribution in [1.82, 2.24) is 0 Å². The summed E-state index contributed by atoms with van der Waals surface area (Å²) in [6, 6.07) is 1.31. The highest BCUT2D eigenvalue weighted by atomic mass is 16.7. The van der Waals surface area contributed by atoms with Gasteiger partial charge in [0.1, 0.15) is 0 Å². The van der Waals surface area contributed by atoms with Gasteiger partial charge in [0.25, 0.3) is 0 Å². The van der Waals surface area contributed by atoms with E-state index < -0.39 is 11.9 Å². The second-order valence-corrected chi connectivity index (χ2v) is 7.21. The number of methoxy groups -OCH3 is 3. The summed E-state index contributed by atoms with van der Waals surface area (Å²) in [6.45, 7) is 5.48. The van der Waals surface area contributed by atoms with Crippen LogP contribution in [-0.4, -0.2) is 58.4 Å². The van der Waals surface area contributed by atoms with Gasteiger partial charge in [0.15, 0.2) is 23.0 Å². The molecule has 0 saturated carbocycles. The second kappa shape index (κ2) is 10.4. The number of carboxylic acids is 1. The molecule has 2 aromatic rings. The Morgan fingerprint density at radius 1 is 0.971 bits per heavy atom. The quantitative estimate of drug-likeness (QED) is 0.502. The predicted molar refractivity (Wildman–Crippen MR) is 121 cm³/mol. The normalized spacial score (nSPS) is 11.7. The lowest BCUT2D eigenvalue weighted by atomic mass is 9.89. The van der Waals surface area contributed by atoms with Gasteiger partial charge in [0.2, 0.25) is 18.3 Å². The minimum atomic E-state index is -1.27. The van der Waals surface area contributed by atoms with Crippen molar-refractivity contribution in [2.75, 3.05) is 41.3 Å². The molecule has 0 spiro atoms. The molecule has 34 heavy (non-hydrogen) atoms. The van der Waals surface area contributed by atoms with Gasteiger partial charge in [-0.25, -0.2) is 9.59 Å². The van der Waals surface area contributed by atoms with Crippen LogP contribution < -0.4 is 28.4 Å². The molecule has 0 bridgehead atoms. The molecule has 1 N–H and O–H groups in total. The van der Waals surface area contributed by atoms with Crippen molar-refractivity contribution in [3.05, 3.63) is 22.8 Å². The SMILES string of the molecule is CCCOC(=O)c1c(C)c(OC)c(OC)c(OCC)c1-c1c(C(=O)O)cc(OC)c2c1OCO2. The van der Waals surface area contributed by atoms with Crippen LogP contribution in [0.4, 0.5) is 0 Å². The number of hydrogen-bond acceptors (Lipinski definition) is 9. The van der Waals surface area contributed by atoms with Gasteiger partial charge in [-0.15, -0.1) is 0 Å². The van der Waals surface area contributed by atoms with E-state index in [1.165, 1.54) is 27.4 Å². The molecule has 0 atom stereocenters. The van der Waals surface area contributed by atoms with E-state index >= 15 is 0 Å². The van der Waals surface area contributed by atoms with Crippen molar-refractivity contribution in [2.45, 2.75) is 27.2 Å². The Morgan fingerprint density at radius 3 is 2.21 bits per heavy atom. The van der Waals surface area contributed by atoms with E-state index in [0.29, 0.717) is 12.0 Å². The highest BCUT2D eigenvalue weighted by Gasteiger charge is 2.37. The Labute approximate surface area is 197 Å². The van der Waals surface area contributed by atoms with Crippen molar-refractivity contribution in [2.24, 2.45) is 0 Å².